The number of aryl methyl sites for hydroxylation is 1. The number of ether oxygens (including phenoxy) is 2. The summed E-state index contributed by atoms with van der Waals surface area (Å²) in [5.41, 5.74) is 1.06. The lowest BCUT2D eigenvalue weighted by Gasteiger charge is -2.34. The van der Waals surface area contributed by atoms with Crippen molar-refractivity contribution in [3.05, 3.63) is 70.8 Å². The van der Waals surface area contributed by atoms with Gasteiger partial charge in [0.15, 0.2) is 0 Å². The predicted octanol–water partition coefficient (Wildman–Crippen LogP) is 4.40. The molecule has 0 aromatic heterocycles. The fourth-order valence-electron chi connectivity index (χ4n) is 6.83. The van der Waals surface area contributed by atoms with Crippen molar-refractivity contribution >= 4 is 35.0 Å². The van der Waals surface area contributed by atoms with Crippen molar-refractivity contribution in [3.8, 4) is 5.75 Å². The second-order valence-corrected chi connectivity index (χ2v) is 11.7. The SMILES string of the molecule is COc1cccc(CN2C(=O)C3C(C(=O)Nc4ccc(C)c(Cl)c4)C4C=CC3(O4)C2C(=O)NC2CCCCC2)c1. The summed E-state index contributed by atoms with van der Waals surface area (Å²) in [4.78, 5) is 43.5. The number of nitrogens with zero attached hydrogens (tertiary/aromatic N) is 1. The topological polar surface area (TPSA) is 97.0 Å². The Morgan fingerprint density at radius 1 is 1.12 bits per heavy atom. The molecule has 3 aliphatic heterocycles. The van der Waals surface area contributed by atoms with E-state index in [1.165, 1.54) is 6.42 Å². The van der Waals surface area contributed by atoms with Crippen molar-refractivity contribution in [3.63, 3.8) is 0 Å². The first-order chi connectivity index (χ1) is 19.3. The maximum absolute atomic E-state index is 14.2. The second-order valence-electron chi connectivity index (χ2n) is 11.3. The molecule has 5 unspecified atom stereocenters. The van der Waals surface area contributed by atoms with Crippen molar-refractivity contribution in [1.82, 2.24) is 10.2 Å². The van der Waals surface area contributed by atoms with Crippen LogP contribution in [0.3, 0.4) is 0 Å². The van der Waals surface area contributed by atoms with Crippen LogP contribution in [-0.4, -0.2) is 53.5 Å². The fraction of sp³-hybridized carbons (Fsp3) is 0.452. The van der Waals surface area contributed by atoms with Gasteiger partial charge in [0.2, 0.25) is 17.7 Å². The molecule has 0 radical (unpaired) electrons. The minimum atomic E-state index is -1.22. The van der Waals surface area contributed by atoms with Gasteiger partial charge < -0.3 is 25.0 Å². The van der Waals surface area contributed by atoms with Crippen molar-refractivity contribution < 1.29 is 23.9 Å². The number of carbonyl (C=O) groups excluding carboxylic acids is 3. The summed E-state index contributed by atoms with van der Waals surface area (Å²) in [5, 5.41) is 6.69. The summed E-state index contributed by atoms with van der Waals surface area (Å²) in [6.45, 7) is 2.08. The van der Waals surface area contributed by atoms with Crippen molar-refractivity contribution in [2.45, 2.75) is 69.4 Å². The monoisotopic (exact) mass is 563 g/mol. The Labute approximate surface area is 239 Å². The molecular formula is C31H34ClN3O5. The van der Waals surface area contributed by atoms with Crippen molar-refractivity contribution in [2.24, 2.45) is 11.8 Å². The number of likely N-dealkylation sites (tertiary alicyclic amines) is 1. The highest BCUT2D eigenvalue weighted by Gasteiger charge is 2.72. The lowest BCUT2D eigenvalue weighted by atomic mass is 9.74. The highest BCUT2D eigenvalue weighted by Crippen LogP contribution is 2.55. The van der Waals surface area contributed by atoms with E-state index in [-0.39, 0.29) is 30.3 Å². The molecule has 3 amide bonds. The first-order valence-electron chi connectivity index (χ1n) is 14.0. The number of benzene rings is 2. The average Bonchev–Trinajstić information content (AvgIpc) is 3.59. The number of methoxy groups -OCH3 is 1. The highest BCUT2D eigenvalue weighted by molar-refractivity contribution is 6.31. The van der Waals surface area contributed by atoms with Crippen molar-refractivity contribution in [2.75, 3.05) is 12.4 Å². The quantitative estimate of drug-likeness (QED) is 0.487. The van der Waals surface area contributed by atoms with Gasteiger partial charge in [-0.2, -0.15) is 0 Å². The van der Waals surface area contributed by atoms with E-state index in [2.05, 4.69) is 10.6 Å². The van der Waals surface area contributed by atoms with Gasteiger partial charge >= 0.3 is 0 Å². The maximum atomic E-state index is 14.2. The van der Waals surface area contributed by atoms with Crippen LogP contribution in [0.2, 0.25) is 5.02 Å². The van der Waals surface area contributed by atoms with Gasteiger partial charge in [-0.15, -0.1) is 0 Å². The molecule has 40 heavy (non-hydrogen) atoms. The van der Waals surface area contributed by atoms with Gasteiger partial charge in [-0.3, -0.25) is 14.4 Å². The van der Waals surface area contributed by atoms with Gasteiger partial charge in [0.1, 0.15) is 17.4 Å². The summed E-state index contributed by atoms with van der Waals surface area (Å²) in [5.74, 6) is -1.77. The second kappa shape index (κ2) is 10.6. The van der Waals surface area contributed by atoms with E-state index in [9.17, 15) is 14.4 Å². The van der Waals surface area contributed by atoms with E-state index in [4.69, 9.17) is 21.1 Å². The maximum Gasteiger partial charge on any atom is 0.246 e. The fourth-order valence-corrected chi connectivity index (χ4v) is 7.01. The molecule has 1 aliphatic carbocycles. The molecule has 2 N–H and O–H groups in total. The van der Waals surface area contributed by atoms with Crippen LogP contribution in [0.5, 0.6) is 5.75 Å². The molecule has 1 spiro atoms. The zero-order valence-corrected chi connectivity index (χ0v) is 23.4. The number of anilines is 1. The molecule has 210 valence electrons. The van der Waals surface area contributed by atoms with Crippen LogP contribution >= 0.6 is 11.6 Å². The Bertz CT molecular complexity index is 1370. The van der Waals surface area contributed by atoms with Crippen LogP contribution in [0.4, 0.5) is 5.69 Å². The lowest BCUT2D eigenvalue weighted by molar-refractivity contribution is -0.142. The molecule has 4 aliphatic rings. The number of rotatable bonds is 7. The number of fused-ring (bicyclic) bond motifs is 1. The average molecular weight is 564 g/mol. The molecule has 6 rings (SSSR count). The number of hydrogen-bond donors (Lipinski definition) is 2. The smallest absolute Gasteiger partial charge is 0.246 e. The Balaban J connectivity index is 1.32. The lowest BCUT2D eigenvalue weighted by Crippen LogP contribution is -2.56. The van der Waals surface area contributed by atoms with Crippen molar-refractivity contribution in [1.29, 1.82) is 0 Å². The summed E-state index contributed by atoms with van der Waals surface area (Å²) >= 11 is 6.28. The van der Waals surface area contributed by atoms with E-state index in [1.807, 2.05) is 49.4 Å². The minimum Gasteiger partial charge on any atom is -0.497 e. The molecular weight excluding hydrogens is 530 g/mol. The predicted molar refractivity (Wildman–Crippen MR) is 151 cm³/mol. The van der Waals surface area contributed by atoms with Crippen LogP contribution < -0.4 is 15.4 Å². The van der Waals surface area contributed by atoms with Crippen LogP contribution in [-0.2, 0) is 25.7 Å². The number of halogens is 1. The molecule has 3 heterocycles. The van der Waals surface area contributed by atoms with Crippen LogP contribution in [0, 0.1) is 18.8 Å². The molecule has 1 saturated carbocycles. The highest BCUT2D eigenvalue weighted by atomic mass is 35.5. The normalized spacial score (nSPS) is 29.0. The van der Waals surface area contributed by atoms with Crippen LogP contribution in [0.1, 0.15) is 43.2 Å². The Morgan fingerprint density at radius 3 is 2.67 bits per heavy atom. The molecule has 2 saturated heterocycles. The van der Waals surface area contributed by atoms with Crippen LogP contribution in [0.15, 0.2) is 54.6 Å². The molecule has 2 bridgehead atoms. The number of hydrogen-bond acceptors (Lipinski definition) is 5. The number of nitrogens with one attached hydrogen (secondary N) is 2. The first-order valence-corrected chi connectivity index (χ1v) is 14.4. The largest absolute Gasteiger partial charge is 0.497 e. The number of carbonyl (C=O) groups is 3. The third-order valence-corrected chi connectivity index (χ3v) is 9.21. The standard InChI is InChI=1S/C31H34ClN3O5/c1-18-11-12-21(16-23(18)32)34-28(36)25-24-13-14-31(40-24)26(25)30(38)35(17-19-7-6-10-22(15-19)39-2)27(31)29(37)33-20-8-4-3-5-9-20/h6-7,10-16,20,24-27H,3-5,8-9,17H2,1-2H3,(H,33,37)(H,34,36). The van der Waals surface area contributed by atoms with E-state index < -0.39 is 29.6 Å². The summed E-state index contributed by atoms with van der Waals surface area (Å²) in [7, 11) is 1.59. The molecule has 9 heteroatoms. The van der Waals surface area contributed by atoms with Gasteiger partial charge in [0.05, 0.1) is 25.0 Å². The summed E-state index contributed by atoms with van der Waals surface area (Å²) < 4.78 is 11.8. The molecule has 3 fully saturated rings. The molecule has 2 aromatic rings. The van der Waals surface area contributed by atoms with Gasteiger partial charge in [0.25, 0.3) is 0 Å². The Hall–Kier alpha value is -3.36. The van der Waals surface area contributed by atoms with E-state index in [0.717, 1.165) is 36.8 Å². The zero-order valence-electron chi connectivity index (χ0n) is 22.7. The van der Waals surface area contributed by atoms with E-state index in [1.54, 1.807) is 24.1 Å². The molecule has 8 nitrogen and oxygen atoms in total. The van der Waals surface area contributed by atoms with E-state index in [0.29, 0.717) is 16.5 Å². The van der Waals surface area contributed by atoms with E-state index >= 15 is 0 Å². The first kappa shape index (κ1) is 26.8. The van der Waals surface area contributed by atoms with Gasteiger partial charge in [-0.05, 0) is 55.2 Å². The Kier molecular flexibility index (Phi) is 7.09. The number of amides is 3. The van der Waals surface area contributed by atoms with Gasteiger partial charge in [-0.1, -0.05) is 61.2 Å². The zero-order chi connectivity index (χ0) is 28.0. The third kappa shape index (κ3) is 4.57. The summed E-state index contributed by atoms with van der Waals surface area (Å²) in [6, 6.07) is 11.9. The third-order valence-electron chi connectivity index (χ3n) is 8.80. The molecule has 5 atom stereocenters. The Morgan fingerprint density at radius 2 is 1.93 bits per heavy atom. The van der Waals surface area contributed by atoms with Crippen LogP contribution in [0.25, 0.3) is 0 Å². The minimum absolute atomic E-state index is 0.0680. The molecule has 2 aromatic carbocycles. The van der Waals surface area contributed by atoms with Gasteiger partial charge in [0, 0.05) is 23.3 Å². The summed E-state index contributed by atoms with van der Waals surface area (Å²) in [6.07, 6.45) is 8.21. The van der Waals surface area contributed by atoms with Gasteiger partial charge in [-0.25, -0.2) is 0 Å².